The van der Waals surface area contributed by atoms with Crippen molar-refractivity contribution in [3.8, 4) is 6.07 Å². The summed E-state index contributed by atoms with van der Waals surface area (Å²) in [6, 6.07) is 8.58. The molecule has 1 rings (SSSR count). The number of amides is 1. The smallest absolute Gasteiger partial charge is 0.405 e. The molecular formula is C10H9BrN2O2. The second-order valence-corrected chi connectivity index (χ2v) is 3.88. The van der Waals surface area contributed by atoms with Gasteiger partial charge in [-0.15, -0.1) is 0 Å². The van der Waals surface area contributed by atoms with Gasteiger partial charge in [0.1, 0.15) is 6.04 Å². The minimum Gasteiger partial charge on any atom is -0.465 e. The summed E-state index contributed by atoms with van der Waals surface area (Å²) < 4.78 is 0.950. The quantitative estimate of drug-likeness (QED) is 0.882. The predicted octanol–water partition coefficient (Wildman–Crippen LogP) is 2.15. The Morgan fingerprint density at radius 2 is 2.13 bits per heavy atom. The summed E-state index contributed by atoms with van der Waals surface area (Å²) in [5.74, 6) is 0. The maximum atomic E-state index is 10.3. The molecule has 15 heavy (non-hydrogen) atoms. The van der Waals surface area contributed by atoms with E-state index in [1.165, 1.54) is 0 Å². The maximum absolute atomic E-state index is 10.3. The number of rotatable bonds is 3. The van der Waals surface area contributed by atoms with Gasteiger partial charge in [0.25, 0.3) is 0 Å². The lowest BCUT2D eigenvalue weighted by atomic mass is 10.1. The van der Waals surface area contributed by atoms with Gasteiger partial charge in [-0.3, -0.25) is 0 Å². The van der Waals surface area contributed by atoms with Crippen LogP contribution in [0, 0.1) is 11.3 Å². The molecule has 0 aromatic heterocycles. The minimum atomic E-state index is -1.18. The van der Waals surface area contributed by atoms with Gasteiger partial charge in [-0.05, 0) is 17.7 Å². The summed E-state index contributed by atoms with van der Waals surface area (Å²) >= 11 is 3.29. The lowest BCUT2D eigenvalue weighted by molar-refractivity contribution is 0.192. The van der Waals surface area contributed by atoms with E-state index >= 15 is 0 Å². The fourth-order valence-corrected chi connectivity index (χ4v) is 1.40. The lowest BCUT2D eigenvalue weighted by Gasteiger charge is -2.08. The molecule has 0 aliphatic carbocycles. The van der Waals surface area contributed by atoms with E-state index in [1.807, 2.05) is 30.3 Å². The van der Waals surface area contributed by atoms with Crippen molar-refractivity contribution in [2.24, 2.45) is 0 Å². The molecule has 2 N–H and O–H groups in total. The molecule has 0 heterocycles. The van der Waals surface area contributed by atoms with Gasteiger partial charge in [-0.1, -0.05) is 28.1 Å². The van der Waals surface area contributed by atoms with Crippen LogP contribution in [0.4, 0.5) is 4.79 Å². The van der Waals surface area contributed by atoms with E-state index in [1.54, 1.807) is 0 Å². The van der Waals surface area contributed by atoms with E-state index in [2.05, 4.69) is 21.2 Å². The molecule has 0 fully saturated rings. The van der Waals surface area contributed by atoms with E-state index in [-0.39, 0.29) is 0 Å². The zero-order valence-electron chi connectivity index (χ0n) is 7.77. The fraction of sp³-hybridized carbons (Fsp3) is 0.200. The summed E-state index contributed by atoms with van der Waals surface area (Å²) in [6.07, 6.45) is -0.811. The van der Waals surface area contributed by atoms with Crippen molar-refractivity contribution in [3.05, 3.63) is 34.3 Å². The molecule has 0 unspecified atom stereocenters. The van der Waals surface area contributed by atoms with Crippen molar-refractivity contribution in [3.63, 3.8) is 0 Å². The molecule has 0 aliphatic rings. The standard InChI is InChI=1S/C10H9BrN2O2/c11-8-3-1-7(2-4-8)5-9(6-12)13-10(14)15/h1-4,9,13H,5H2,(H,14,15)/t9-/m0/s1. The largest absolute Gasteiger partial charge is 0.465 e. The van der Waals surface area contributed by atoms with E-state index in [0.29, 0.717) is 6.42 Å². The summed E-state index contributed by atoms with van der Waals surface area (Å²) in [6.45, 7) is 0. The van der Waals surface area contributed by atoms with E-state index < -0.39 is 12.1 Å². The van der Waals surface area contributed by atoms with Gasteiger partial charge in [0.05, 0.1) is 6.07 Å². The van der Waals surface area contributed by atoms with Crippen LogP contribution in [0.5, 0.6) is 0 Å². The number of nitrogens with zero attached hydrogens (tertiary/aromatic N) is 1. The third kappa shape index (κ3) is 4.00. The van der Waals surface area contributed by atoms with Crippen molar-refractivity contribution in [2.75, 3.05) is 0 Å². The van der Waals surface area contributed by atoms with Crippen molar-refractivity contribution in [1.82, 2.24) is 5.32 Å². The molecule has 0 bridgehead atoms. The molecule has 78 valence electrons. The highest BCUT2D eigenvalue weighted by Crippen LogP contribution is 2.11. The Morgan fingerprint density at radius 3 is 2.60 bits per heavy atom. The molecule has 1 aromatic rings. The first kappa shape index (κ1) is 11.5. The van der Waals surface area contributed by atoms with Crippen LogP contribution in [-0.2, 0) is 6.42 Å². The number of nitrogens with one attached hydrogen (secondary N) is 1. The summed E-state index contributed by atoms with van der Waals surface area (Å²) in [4.78, 5) is 10.3. The molecule has 1 atom stereocenters. The van der Waals surface area contributed by atoms with Crippen LogP contribution >= 0.6 is 15.9 Å². The molecule has 0 radical (unpaired) electrons. The monoisotopic (exact) mass is 268 g/mol. The van der Waals surface area contributed by atoms with Gasteiger partial charge >= 0.3 is 6.09 Å². The molecule has 1 aromatic carbocycles. The van der Waals surface area contributed by atoms with Gasteiger partial charge in [-0.25, -0.2) is 4.79 Å². The second kappa shape index (κ2) is 5.37. The highest BCUT2D eigenvalue weighted by atomic mass is 79.9. The molecule has 0 aliphatic heterocycles. The Bertz CT molecular complexity index is 383. The third-order valence-electron chi connectivity index (χ3n) is 1.81. The molecule has 4 nitrogen and oxygen atoms in total. The number of carbonyl (C=O) groups is 1. The molecule has 5 heteroatoms. The number of nitriles is 1. The fourth-order valence-electron chi connectivity index (χ4n) is 1.13. The van der Waals surface area contributed by atoms with E-state index in [4.69, 9.17) is 10.4 Å². The van der Waals surface area contributed by atoms with E-state index in [0.717, 1.165) is 10.0 Å². The minimum absolute atomic E-state index is 0.371. The van der Waals surface area contributed by atoms with Gasteiger partial charge in [0.15, 0.2) is 0 Å². The van der Waals surface area contributed by atoms with Crippen LogP contribution in [0.3, 0.4) is 0 Å². The maximum Gasteiger partial charge on any atom is 0.405 e. The summed E-state index contributed by atoms with van der Waals surface area (Å²) in [5, 5.41) is 19.3. The van der Waals surface area contributed by atoms with Crippen LogP contribution in [0.25, 0.3) is 0 Å². The number of carboxylic acid groups (broad SMARTS) is 1. The third-order valence-corrected chi connectivity index (χ3v) is 2.34. The Kier molecular flexibility index (Phi) is 4.13. The van der Waals surface area contributed by atoms with Crippen LogP contribution in [0.2, 0.25) is 0 Å². The number of hydrogen-bond acceptors (Lipinski definition) is 2. The highest BCUT2D eigenvalue weighted by Gasteiger charge is 2.10. The number of benzene rings is 1. The summed E-state index contributed by atoms with van der Waals surface area (Å²) in [5.41, 5.74) is 0.915. The van der Waals surface area contributed by atoms with Gasteiger partial charge < -0.3 is 10.4 Å². The predicted molar refractivity (Wildman–Crippen MR) is 58.4 cm³/mol. The molecule has 0 saturated heterocycles. The van der Waals surface area contributed by atoms with Crippen LogP contribution < -0.4 is 5.32 Å². The Hall–Kier alpha value is -1.54. The average molecular weight is 269 g/mol. The lowest BCUT2D eigenvalue weighted by Crippen LogP contribution is -2.33. The zero-order valence-corrected chi connectivity index (χ0v) is 9.36. The average Bonchev–Trinajstić information content (AvgIpc) is 2.19. The van der Waals surface area contributed by atoms with E-state index in [9.17, 15) is 4.79 Å². The normalized spacial score (nSPS) is 11.5. The van der Waals surface area contributed by atoms with Crippen molar-refractivity contribution < 1.29 is 9.90 Å². The molecular weight excluding hydrogens is 260 g/mol. The second-order valence-electron chi connectivity index (χ2n) is 2.96. The first-order valence-electron chi connectivity index (χ1n) is 4.25. The van der Waals surface area contributed by atoms with Gasteiger partial charge in [0, 0.05) is 10.9 Å². The van der Waals surface area contributed by atoms with Crippen molar-refractivity contribution in [1.29, 1.82) is 5.26 Å². The SMILES string of the molecule is N#C[C@H](Cc1ccc(Br)cc1)NC(=O)O. The Balaban J connectivity index is 2.63. The Labute approximate surface area is 95.7 Å². The van der Waals surface area contributed by atoms with Crippen LogP contribution in [0.15, 0.2) is 28.7 Å². The molecule has 1 amide bonds. The van der Waals surface area contributed by atoms with Crippen molar-refractivity contribution >= 4 is 22.0 Å². The van der Waals surface area contributed by atoms with Gasteiger partial charge in [0.2, 0.25) is 0 Å². The first-order valence-corrected chi connectivity index (χ1v) is 5.04. The van der Waals surface area contributed by atoms with Crippen LogP contribution in [-0.4, -0.2) is 17.2 Å². The number of halogens is 1. The first-order chi connectivity index (χ1) is 7.11. The van der Waals surface area contributed by atoms with Gasteiger partial charge in [-0.2, -0.15) is 5.26 Å². The Morgan fingerprint density at radius 1 is 1.53 bits per heavy atom. The molecule has 0 saturated carbocycles. The number of hydrogen-bond donors (Lipinski definition) is 2. The summed E-state index contributed by atoms with van der Waals surface area (Å²) in [7, 11) is 0. The van der Waals surface area contributed by atoms with Crippen LogP contribution in [0.1, 0.15) is 5.56 Å². The topological polar surface area (TPSA) is 73.1 Å². The molecule has 0 spiro atoms. The zero-order chi connectivity index (χ0) is 11.3. The van der Waals surface area contributed by atoms with Crippen molar-refractivity contribution in [2.45, 2.75) is 12.5 Å². The highest BCUT2D eigenvalue weighted by molar-refractivity contribution is 9.10.